The van der Waals surface area contributed by atoms with Gasteiger partial charge >= 0.3 is 0 Å². The number of nitrogens with one attached hydrogen (secondary N) is 1. The van der Waals surface area contributed by atoms with Crippen LogP contribution < -0.4 is 5.32 Å². The molecule has 0 saturated carbocycles. The molecule has 0 aliphatic carbocycles. The minimum absolute atomic E-state index is 0.0274. The zero-order valence-electron chi connectivity index (χ0n) is 9.66. The van der Waals surface area contributed by atoms with E-state index in [-0.39, 0.29) is 11.7 Å². The molecule has 0 bridgehead atoms. The van der Waals surface area contributed by atoms with Crippen LogP contribution in [0.15, 0.2) is 29.3 Å². The number of nitrogens with zero attached hydrogens (tertiary/aromatic N) is 1. The van der Waals surface area contributed by atoms with Crippen LogP contribution in [0.4, 0.5) is 4.39 Å². The molecular formula is C12H13FN2OS. The average Bonchev–Trinajstić information content (AvgIpc) is 2.52. The van der Waals surface area contributed by atoms with E-state index in [0.717, 1.165) is 5.56 Å². The van der Waals surface area contributed by atoms with E-state index in [2.05, 4.69) is 10.3 Å². The van der Waals surface area contributed by atoms with Crippen LogP contribution in [0, 0.1) is 5.82 Å². The first kappa shape index (κ1) is 12.1. The van der Waals surface area contributed by atoms with Crippen molar-refractivity contribution in [2.75, 3.05) is 0 Å². The van der Waals surface area contributed by atoms with Gasteiger partial charge in [-0.15, -0.1) is 0 Å². The summed E-state index contributed by atoms with van der Waals surface area (Å²) in [5.41, 5.74) is 0.915. The van der Waals surface area contributed by atoms with Gasteiger partial charge in [-0.1, -0.05) is 23.9 Å². The van der Waals surface area contributed by atoms with E-state index in [9.17, 15) is 9.18 Å². The van der Waals surface area contributed by atoms with Gasteiger partial charge in [0, 0.05) is 0 Å². The number of carbonyl (C=O) groups is 1. The molecule has 90 valence electrons. The molecule has 0 spiro atoms. The Morgan fingerprint density at radius 2 is 2.00 bits per heavy atom. The van der Waals surface area contributed by atoms with Gasteiger partial charge in [-0.25, -0.2) is 4.39 Å². The van der Waals surface area contributed by atoms with Gasteiger partial charge in [-0.05, 0) is 31.5 Å². The van der Waals surface area contributed by atoms with Crippen LogP contribution in [0.3, 0.4) is 0 Å². The van der Waals surface area contributed by atoms with Gasteiger partial charge in [-0.2, -0.15) is 0 Å². The normalized spacial score (nSPS) is 20.6. The predicted molar refractivity (Wildman–Crippen MR) is 67.4 cm³/mol. The molecule has 1 N–H and O–H groups in total. The maximum absolute atomic E-state index is 12.7. The van der Waals surface area contributed by atoms with Crippen LogP contribution in [0.25, 0.3) is 0 Å². The third kappa shape index (κ3) is 2.85. The van der Waals surface area contributed by atoms with Crippen molar-refractivity contribution in [3.63, 3.8) is 0 Å². The summed E-state index contributed by atoms with van der Waals surface area (Å²) in [6.07, 6.45) is 0. The van der Waals surface area contributed by atoms with Gasteiger partial charge in [0.25, 0.3) is 0 Å². The minimum atomic E-state index is -0.457. The molecule has 1 aromatic rings. The van der Waals surface area contributed by atoms with Crippen molar-refractivity contribution in [2.45, 2.75) is 25.1 Å². The molecule has 1 saturated heterocycles. The second-order valence-corrected chi connectivity index (χ2v) is 5.93. The van der Waals surface area contributed by atoms with Crippen molar-refractivity contribution in [2.24, 2.45) is 4.99 Å². The van der Waals surface area contributed by atoms with Crippen LogP contribution in [-0.2, 0) is 11.3 Å². The van der Waals surface area contributed by atoms with Gasteiger partial charge in [0.2, 0.25) is 5.91 Å². The topological polar surface area (TPSA) is 41.5 Å². The molecule has 5 heteroatoms. The Morgan fingerprint density at radius 1 is 1.35 bits per heavy atom. The highest BCUT2D eigenvalue weighted by Crippen LogP contribution is 2.30. The fraction of sp³-hybridized carbons (Fsp3) is 0.333. The van der Waals surface area contributed by atoms with Crippen molar-refractivity contribution in [3.8, 4) is 0 Å². The molecule has 1 aliphatic heterocycles. The summed E-state index contributed by atoms with van der Waals surface area (Å²) >= 11 is 1.41. The second kappa shape index (κ2) is 4.49. The highest BCUT2D eigenvalue weighted by atomic mass is 32.2. The summed E-state index contributed by atoms with van der Waals surface area (Å²) in [5.74, 6) is -0.286. The zero-order valence-corrected chi connectivity index (χ0v) is 10.5. The molecule has 1 fully saturated rings. The summed E-state index contributed by atoms with van der Waals surface area (Å²) in [6.45, 7) is 4.15. The van der Waals surface area contributed by atoms with Crippen LogP contribution in [0.1, 0.15) is 19.4 Å². The third-order valence-corrected chi connectivity index (χ3v) is 3.56. The number of thioether (sulfide) groups is 1. The standard InChI is InChI=1S/C12H13FN2OS/c1-12(2)10(16)15-11(17-12)14-7-8-3-5-9(13)6-4-8/h3-6H,7H2,1-2H3,(H,14,15,16). The highest BCUT2D eigenvalue weighted by Gasteiger charge is 2.37. The number of amidine groups is 1. The number of aliphatic imine (C=N–C) groups is 1. The molecule has 1 aliphatic rings. The Balaban J connectivity index is 2.03. The first-order valence-electron chi connectivity index (χ1n) is 5.27. The summed E-state index contributed by atoms with van der Waals surface area (Å²) in [6, 6.07) is 6.18. The lowest BCUT2D eigenvalue weighted by Gasteiger charge is -2.08. The third-order valence-electron chi connectivity index (χ3n) is 2.44. The Kier molecular flexibility index (Phi) is 3.19. The summed E-state index contributed by atoms with van der Waals surface area (Å²) in [4.78, 5) is 15.8. The van der Waals surface area contributed by atoms with Crippen LogP contribution in [0.5, 0.6) is 0 Å². The van der Waals surface area contributed by atoms with E-state index in [1.807, 2.05) is 13.8 Å². The van der Waals surface area contributed by atoms with E-state index < -0.39 is 4.75 Å². The van der Waals surface area contributed by atoms with E-state index in [1.165, 1.54) is 23.9 Å². The number of hydrogen-bond acceptors (Lipinski definition) is 3. The van der Waals surface area contributed by atoms with E-state index >= 15 is 0 Å². The molecular weight excluding hydrogens is 239 g/mol. The van der Waals surface area contributed by atoms with Crippen molar-refractivity contribution in [3.05, 3.63) is 35.6 Å². The van der Waals surface area contributed by atoms with E-state index in [4.69, 9.17) is 0 Å². The van der Waals surface area contributed by atoms with Gasteiger partial charge < -0.3 is 5.32 Å². The number of amides is 1. The van der Waals surface area contributed by atoms with Crippen molar-refractivity contribution >= 4 is 22.8 Å². The highest BCUT2D eigenvalue weighted by molar-refractivity contribution is 8.16. The Labute approximate surface area is 104 Å². The van der Waals surface area contributed by atoms with Crippen LogP contribution >= 0.6 is 11.8 Å². The summed E-state index contributed by atoms with van der Waals surface area (Å²) in [7, 11) is 0. The number of carbonyl (C=O) groups excluding carboxylic acids is 1. The Bertz CT molecular complexity index is 468. The number of halogens is 1. The number of benzene rings is 1. The lowest BCUT2D eigenvalue weighted by atomic mass is 10.2. The maximum Gasteiger partial charge on any atom is 0.242 e. The van der Waals surface area contributed by atoms with E-state index in [1.54, 1.807) is 12.1 Å². The number of hydrogen-bond donors (Lipinski definition) is 1. The smallest absolute Gasteiger partial charge is 0.242 e. The van der Waals surface area contributed by atoms with Gasteiger partial charge in [0.15, 0.2) is 5.17 Å². The predicted octanol–water partition coefficient (Wildman–Crippen LogP) is 2.32. The van der Waals surface area contributed by atoms with Crippen LogP contribution in [0.2, 0.25) is 0 Å². The molecule has 2 rings (SSSR count). The molecule has 0 unspecified atom stereocenters. The first-order chi connectivity index (χ1) is 7.97. The van der Waals surface area contributed by atoms with Gasteiger partial charge in [0.1, 0.15) is 5.82 Å². The molecule has 1 amide bonds. The van der Waals surface area contributed by atoms with Crippen LogP contribution in [-0.4, -0.2) is 15.8 Å². The second-order valence-electron chi connectivity index (χ2n) is 4.31. The summed E-state index contributed by atoms with van der Waals surface area (Å²) < 4.78 is 12.2. The largest absolute Gasteiger partial charge is 0.304 e. The molecule has 0 aromatic heterocycles. The molecule has 0 radical (unpaired) electrons. The van der Waals surface area contributed by atoms with Crippen molar-refractivity contribution in [1.29, 1.82) is 0 Å². The SMILES string of the molecule is CC1(C)SC(=NCc2ccc(F)cc2)NC1=O. The molecule has 1 aromatic carbocycles. The minimum Gasteiger partial charge on any atom is -0.304 e. The fourth-order valence-electron chi connectivity index (χ4n) is 1.39. The molecule has 0 atom stereocenters. The number of rotatable bonds is 2. The first-order valence-corrected chi connectivity index (χ1v) is 6.08. The van der Waals surface area contributed by atoms with Crippen molar-refractivity contribution < 1.29 is 9.18 Å². The van der Waals surface area contributed by atoms with Gasteiger partial charge in [-0.3, -0.25) is 9.79 Å². The lowest BCUT2D eigenvalue weighted by Crippen LogP contribution is -2.30. The van der Waals surface area contributed by atoms with Gasteiger partial charge in [0.05, 0.1) is 11.3 Å². The zero-order chi connectivity index (χ0) is 12.5. The Morgan fingerprint density at radius 3 is 2.53 bits per heavy atom. The monoisotopic (exact) mass is 252 g/mol. The lowest BCUT2D eigenvalue weighted by molar-refractivity contribution is -0.120. The quantitative estimate of drug-likeness (QED) is 0.877. The molecule has 1 heterocycles. The molecule has 17 heavy (non-hydrogen) atoms. The maximum atomic E-state index is 12.7. The fourth-order valence-corrected chi connectivity index (χ4v) is 2.29. The average molecular weight is 252 g/mol. The van der Waals surface area contributed by atoms with Crippen molar-refractivity contribution in [1.82, 2.24) is 5.32 Å². The molecule has 3 nitrogen and oxygen atoms in total. The van der Waals surface area contributed by atoms with E-state index in [0.29, 0.717) is 11.7 Å². The summed E-state index contributed by atoms with van der Waals surface area (Å²) in [5, 5.41) is 3.35. The Hall–Kier alpha value is -1.36.